The van der Waals surface area contributed by atoms with Crippen molar-refractivity contribution in [3.63, 3.8) is 0 Å². The van der Waals surface area contributed by atoms with Gasteiger partial charge in [-0.15, -0.1) is 0 Å². The number of rotatable bonds is 11. The highest BCUT2D eigenvalue weighted by Gasteiger charge is 2.34. The van der Waals surface area contributed by atoms with Gasteiger partial charge < -0.3 is 39.7 Å². The summed E-state index contributed by atoms with van der Waals surface area (Å²) in [6.45, 7) is 1.31. The van der Waals surface area contributed by atoms with E-state index in [1.807, 2.05) is 6.55 Å². The average molecular weight is 341 g/mol. The van der Waals surface area contributed by atoms with Crippen LogP contribution < -0.4 is 5.32 Å². The molecule has 22 heavy (non-hydrogen) atoms. The minimum atomic E-state index is -2.22. The molecule has 0 aliphatic heterocycles. The van der Waals surface area contributed by atoms with Crippen molar-refractivity contribution < 1.29 is 39.2 Å². The van der Waals surface area contributed by atoms with Crippen molar-refractivity contribution in [1.82, 2.24) is 5.32 Å². The molecule has 4 atom stereocenters. The fraction of sp³-hybridized carbons (Fsp3) is 0.917. The van der Waals surface area contributed by atoms with Gasteiger partial charge in [0.1, 0.15) is 18.3 Å². The van der Waals surface area contributed by atoms with Gasteiger partial charge in [0.2, 0.25) is 0 Å². The zero-order valence-electron chi connectivity index (χ0n) is 13.1. The molecule has 0 aliphatic rings. The van der Waals surface area contributed by atoms with Gasteiger partial charge in [-0.05, 0) is 19.0 Å². The molecule has 0 rings (SSSR count). The first-order valence-corrected chi connectivity index (χ1v) is 9.46. The lowest BCUT2D eigenvalue weighted by Gasteiger charge is -2.25. The van der Waals surface area contributed by atoms with E-state index >= 15 is 0 Å². The summed E-state index contributed by atoms with van der Waals surface area (Å²) in [6, 6.07) is 0.630. The molecule has 0 aromatic heterocycles. The Hall–Kier alpha value is -0.593. The predicted molar refractivity (Wildman–Crippen MR) is 79.2 cm³/mol. The minimum absolute atomic E-state index is 0.233. The Kier molecular flexibility index (Phi) is 9.96. The molecule has 0 fully saturated rings. The van der Waals surface area contributed by atoms with E-state index in [0.717, 1.165) is 0 Å². The van der Waals surface area contributed by atoms with Gasteiger partial charge in [0.15, 0.2) is 6.10 Å². The van der Waals surface area contributed by atoms with Crippen molar-refractivity contribution in [2.24, 2.45) is 0 Å². The summed E-state index contributed by atoms with van der Waals surface area (Å²) < 4.78 is 10.6. The topological polar surface area (TPSA) is 149 Å². The SMILES string of the molecule is CO[Si](C)(CCCNC(=O)[C@H](O)[C@@H](O)[C@H](O)[C@H](O)CO)OC. The summed E-state index contributed by atoms with van der Waals surface area (Å²) in [4.78, 5) is 11.6. The molecule has 9 nitrogen and oxygen atoms in total. The Balaban J connectivity index is 4.21. The second kappa shape index (κ2) is 10.2. The maximum Gasteiger partial charge on any atom is 0.334 e. The number of aliphatic hydroxyl groups excluding tert-OH is 5. The van der Waals surface area contributed by atoms with Gasteiger partial charge in [-0.2, -0.15) is 0 Å². The van der Waals surface area contributed by atoms with Crippen LogP contribution in [-0.4, -0.2) is 91.8 Å². The lowest BCUT2D eigenvalue weighted by Crippen LogP contribution is -2.51. The molecule has 0 aromatic rings. The molecule has 0 aromatic carbocycles. The number of carbonyl (C=O) groups excluding carboxylic acids is 1. The third-order valence-corrected chi connectivity index (χ3v) is 6.48. The van der Waals surface area contributed by atoms with E-state index in [1.165, 1.54) is 0 Å². The van der Waals surface area contributed by atoms with Gasteiger partial charge in [0.05, 0.1) is 6.61 Å². The van der Waals surface area contributed by atoms with E-state index < -0.39 is 45.5 Å². The van der Waals surface area contributed by atoms with Gasteiger partial charge in [0.25, 0.3) is 5.91 Å². The van der Waals surface area contributed by atoms with Crippen molar-refractivity contribution in [2.45, 2.75) is 43.4 Å². The quantitative estimate of drug-likeness (QED) is 0.176. The highest BCUT2D eigenvalue weighted by molar-refractivity contribution is 6.65. The Labute approximate surface area is 130 Å². The summed E-state index contributed by atoms with van der Waals surface area (Å²) in [5, 5.41) is 48.8. The molecule has 0 saturated heterocycles. The Bertz CT molecular complexity index is 328. The fourth-order valence-electron chi connectivity index (χ4n) is 1.69. The number of hydrogen-bond acceptors (Lipinski definition) is 8. The Morgan fingerprint density at radius 3 is 2.14 bits per heavy atom. The average Bonchev–Trinajstić information content (AvgIpc) is 2.55. The minimum Gasteiger partial charge on any atom is -0.398 e. The molecule has 6 N–H and O–H groups in total. The van der Waals surface area contributed by atoms with Crippen LogP contribution in [-0.2, 0) is 13.6 Å². The van der Waals surface area contributed by atoms with Crippen LogP contribution in [0.25, 0.3) is 0 Å². The van der Waals surface area contributed by atoms with E-state index in [-0.39, 0.29) is 6.54 Å². The number of nitrogens with one attached hydrogen (secondary N) is 1. The number of aliphatic hydroxyl groups is 5. The van der Waals surface area contributed by atoms with E-state index in [4.69, 9.17) is 19.1 Å². The van der Waals surface area contributed by atoms with Gasteiger partial charge in [-0.25, -0.2) is 0 Å². The van der Waals surface area contributed by atoms with Crippen LogP contribution in [0.1, 0.15) is 6.42 Å². The standard InChI is InChI=1S/C12H27NO8Si/c1-20-22(3,21-2)6-4-5-13-12(19)11(18)10(17)9(16)8(15)7-14/h8-11,14-18H,4-7H2,1-3H3,(H,13,19)/t8-,9-,10+,11-/m1/s1. The van der Waals surface area contributed by atoms with Crippen molar-refractivity contribution in [3.8, 4) is 0 Å². The lowest BCUT2D eigenvalue weighted by atomic mass is 10.0. The maximum atomic E-state index is 11.6. The normalized spacial score (nSPS) is 17.6. The first kappa shape index (κ1) is 21.4. The van der Waals surface area contributed by atoms with Crippen molar-refractivity contribution in [3.05, 3.63) is 0 Å². The maximum absolute atomic E-state index is 11.6. The van der Waals surface area contributed by atoms with Gasteiger partial charge in [-0.1, -0.05) is 0 Å². The second-order valence-electron chi connectivity index (χ2n) is 5.11. The Morgan fingerprint density at radius 1 is 1.14 bits per heavy atom. The largest absolute Gasteiger partial charge is 0.398 e. The van der Waals surface area contributed by atoms with Gasteiger partial charge in [-0.3, -0.25) is 4.79 Å². The second-order valence-corrected chi connectivity index (χ2v) is 8.70. The van der Waals surface area contributed by atoms with E-state index in [2.05, 4.69) is 5.32 Å². The number of amides is 1. The highest BCUT2D eigenvalue weighted by atomic mass is 28.4. The van der Waals surface area contributed by atoms with Crippen LogP contribution in [0.4, 0.5) is 0 Å². The number of hydrogen-bond donors (Lipinski definition) is 6. The third kappa shape index (κ3) is 6.67. The van der Waals surface area contributed by atoms with E-state index in [0.29, 0.717) is 12.5 Å². The zero-order chi connectivity index (χ0) is 17.3. The van der Waals surface area contributed by atoms with Gasteiger partial charge in [0, 0.05) is 20.8 Å². The molecule has 0 heterocycles. The van der Waals surface area contributed by atoms with Crippen LogP contribution in [0, 0.1) is 0 Å². The van der Waals surface area contributed by atoms with E-state index in [9.17, 15) is 20.1 Å². The molecule has 1 amide bonds. The molecule has 0 unspecified atom stereocenters. The molecule has 0 radical (unpaired) electrons. The molecular weight excluding hydrogens is 314 g/mol. The van der Waals surface area contributed by atoms with Crippen molar-refractivity contribution >= 4 is 14.5 Å². The molecule has 10 heteroatoms. The summed E-state index contributed by atoms with van der Waals surface area (Å²) in [6.07, 6.45) is -6.73. The zero-order valence-corrected chi connectivity index (χ0v) is 14.1. The van der Waals surface area contributed by atoms with Crippen LogP contribution >= 0.6 is 0 Å². The summed E-state index contributed by atoms with van der Waals surface area (Å²) in [5.41, 5.74) is 0. The lowest BCUT2D eigenvalue weighted by molar-refractivity contribution is -0.148. The Morgan fingerprint density at radius 2 is 1.68 bits per heavy atom. The summed E-state index contributed by atoms with van der Waals surface area (Å²) in [7, 11) is 0.896. The van der Waals surface area contributed by atoms with Crippen LogP contribution in [0.2, 0.25) is 12.6 Å². The highest BCUT2D eigenvalue weighted by Crippen LogP contribution is 2.13. The van der Waals surface area contributed by atoms with Crippen molar-refractivity contribution in [1.29, 1.82) is 0 Å². The number of carbonyl (C=O) groups is 1. The molecule has 132 valence electrons. The molecule has 0 spiro atoms. The molecule has 0 aliphatic carbocycles. The predicted octanol–water partition coefficient (Wildman–Crippen LogP) is -2.71. The van der Waals surface area contributed by atoms with Crippen LogP contribution in [0.15, 0.2) is 0 Å². The van der Waals surface area contributed by atoms with Crippen LogP contribution in [0.3, 0.4) is 0 Å². The first-order chi connectivity index (χ1) is 10.2. The van der Waals surface area contributed by atoms with Gasteiger partial charge >= 0.3 is 8.56 Å². The first-order valence-electron chi connectivity index (χ1n) is 6.93. The molecular formula is C12H27NO8Si. The van der Waals surface area contributed by atoms with E-state index in [1.54, 1.807) is 14.2 Å². The summed E-state index contributed by atoms with van der Waals surface area (Å²) >= 11 is 0. The smallest absolute Gasteiger partial charge is 0.334 e. The van der Waals surface area contributed by atoms with Crippen molar-refractivity contribution in [2.75, 3.05) is 27.4 Å². The fourth-order valence-corrected chi connectivity index (χ4v) is 3.08. The molecule has 0 bridgehead atoms. The summed E-state index contributed by atoms with van der Waals surface area (Å²) in [5.74, 6) is -0.880. The monoisotopic (exact) mass is 341 g/mol. The van der Waals surface area contributed by atoms with Crippen LogP contribution in [0.5, 0.6) is 0 Å². The third-order valence-electron chi connectivity index (χ3n) is 3.49. The molecule has 0 saturated carbocycles.